The van der Waals surface area contributed by atoms with Crippen LogP contribution in [0.5, 0.6) is 0 Å². The van der Waals surface area contributed by atoms with Gasteiger partial charge in [0.1, 0.15) is 0 Å². The lowest BCUT2D eigenvalue weighted by Gasteiger charge is -2.19. The number of fused-ring (bicyclic) bond motifs is 1. The zero-order valence-electron chi connectivity index (χ0n) is 15.8. The van der Waals surface area contributed by atoms with E-state index in [0.29, 0.717) is 24.6 Å². The van der Waals surface area contributed by atoms with Crippen molar-refractivity contribution >= 4 is 22.5 Å². The third-order valence-corrected chi connectivity index (χ3v) is 5.51. The van der Waals surface area contributed by atoms with Gasteiger partial charge in [-0.2, -0.15) is 0 Å². The van der Waals surface area contributed by atoms with Gasteiger partial charge in [-0.3, -0.25) is 4.79 Å². The summed E-state index contributed by atoms with van der Waals surface area (Å²) >= 11 is 0. The zero-order valence-corrected chi connectivity index (χ0v) is 15.8. The molecule has 3 aromatic rings. The number of nitrogens with one attached hydrogen (secondary N) is 2. The molecule has 2 heterocycles. The number of anilines is 1. The van der Waals surface area contributed by atoms with E-state index in [1.165, 1.54) is 6.07 Å². The number of rotatable bonds is 5. The molecule has 4 rings (SSSR count). The summed E-state index contributed by atoms with van der Waals surface area (Å²) in [4.78, 5) is 17.8. The summed E-state index contributed by atoms with van der Waals surface area (Å²) in [5.74, 6) is -1.37. The van der Waals surface area contributed by atoms with Crippen LogP contribution < -0.4 is 10.2 Å². The summed E-state index contributed by atoms with van der Waals surface area (Å²) in [6.07, 6.45) is 1.25. The molecule has 6 heteroatoms. The Morgan fingerprint density at radius 1 is 1.21 bits per heavy atom. The molecule has 0 aliphatic carbocycles. The lowest BCUT2D eigenvalue weighted by atomic mass is 10.1. The predicted octanol–water partition coefficient (Wildman–Crippen LogP) is 3.94. The lowest BCUT2D eigenvalue weighted by Crippen LogP contribution is -2.32. The molecule has 28 heavy (non-hydrogen) atoms. The van der Waals surface area contributed by atoms with Crippen molar-refractivity contribution in [3.05, 3.63) is 65.4 Å². The van der Waals surface area contributed by atoms with Gasteiger partial charge in [-0.1, -0.05) is 18.2 Å². The third-order valence-electron chi connectivity index (χ3n) is 5.51. The van der Waals surface area contributed by atoms with Crippen LogP contribution >= 0.6 is 0 Å². The molecule has 0 bridgehead atoms. The summed E-state index contributed by atoms with van der Waals surface area (Å²) < 4.78 is 26.6. The smallest absolute Gasteiger partial charge is 0.224 e. The molecule has 1 atom stereocenters. The molecular weight excluding hydrogens is 360 g/mol. The number of hydrogen-bond acceptors (Lipinski definition) is 2. The summed E-state index contributed by atoms with van der Waals surface area (Å²) in [5, 5.41) is 4.12. The fourth-order valence-corrected chi connectivity index (χ4v) is 3.96. The van der Waals surface area contributed by atoms with Crippen LogP contribution in [0.25, 0.3) is 10.9 Å². The van der Waals surface area contributed by atoms with Gasteiger partial charge in [0, 0.05) is 48.0 Å². The highest BCUT2D eigenvalue weighted by Gasteiger charge is 2.24. The first-order valence-corrected chi connectivity index (χ1v) is 9.54. The first-order valence-electron chi connectivity index (χ1n) is 9.54. The van der Waals surface area contributed by atoms with E-state index in [9.17, 15) is 13.6 Å². The van der Waals surface area contributed by atoms with E-state index in [4.69, 9.17) is 0 Å². The second-order valence-electron chi connectivity index (χ2n) is 7.45. The minimum Gasteiger partial charge on any atom is -0.371 e. The van der Waals surface area contributed by atoms with E-state index in [1.54, 1.807) is 6.07 Å². The maximum absolute atomic E-state index is 13.4. The Bertz CT molecular complexity index is 1010. The molecule has 0 saturated carbocycles. The van der Waals surface area contributed by atoms with Crippen LogP contribution in [-0.2, 0) is 11.2 Å². The molecule has 2 N–H and O–H groups in total. The van der Waals surface area contributed by atoms with Gasteiger partial charge in [0.25, 0.3) is 0 Å². The fraction of sp³-hybridized carbons (Fsp3) is 0.318. The molecule has 1 aliphatic rings. The quantitative estimate of drug-likeness (QED) is 0.701. The van der Waals surface area contributed by atoms with Crippen molar-refractivity contribution in [2.45, 2.75) is 19.8 Å². The maximum Gasteiger partial charge on any atom is 0.224 e. The monoisotopic (exact) mass is 383 g/mol. The van der Waals surface area contributed by atoms with Crippen LogP contribution in [0, 0.1) is 24.5 Å². The number of carbonyl (C=O) groups is 1. The second-order valence-corrected chi connectivity index (χ2v) is 7.45. The van der Waals surface area contributed by atoms with E-state index in [-0.39, 0.29) is 5.91 Å². The van der Waals surface area contributed by atoms with Crippen LogP contribution in [0.3, 0.4) is 0 Å². The normalized spacial score (nSPS) is 16.7. The highest BCUT2D eigenvalue weighted by molar-refractivity contribution is 5.90. The molecule has 1 aromatic heterocycles. The average Bonchev–Trinajstić information content (AvgIpc) is 3.27. The topological polar surface area (TPSA) is 48.1 Å². The van der Waals surface area contributed by atoms with Crippen molar-refractivity contribution in [2.75, 3.05) is 24.5 Å². The lowest BCUT2D eigenvalue weighted by molar-refractivity contribution is -0.120. The van der Waals surface area contributed by atoms with Gasteiger partial charge < -0.3 is 15.2 Å². The van der Waals surface area contributed by atoms with Crippen LogP contribution in [-0.4, -0.2) is 30.5 Å². The number of amides is 1. The Kier molecular flexibility index (Phi) is 5.03. The number of aryl methyl sites for hydroxylation is 1. The standard InChI is InChI=1S/C22H23F2N3O/c1-14-18(17-4-2-3-5-21(17)26-14)11-22(28)25-12-15-8-9-27(13-15)16-6-7-19(23)20(24)10-16/h2-7,10,15,26H,8-9,11-13H2,1H3,(H,25,28)/t15-/m0/s1. The van der Waals surface area contributed by atoms with Crippen molar-refractivity contribution in [1.29, 1.82) is 0 Å². The summed E-state index contributed by atoms with van der Waals surface area (Å²) in [6, 6.07) is 12.0. The summed E-state index contributed by atoms with van der Waals surface area (Å²) in [7, 11) is 0. The van der Waals surface area contributed by atoms with Gasteiger partial charge in [0.15, 0.2) is 11.6 Å². The fourth-order valence-electron chi connectivity index (χ4n) is 3.96. The highest BCUT2D eigenvalue weighted by atomic mass is 19.2. The Labute approximate surface area is 162 Å². The molecule has 1 amide bonds. The Morgan fingerprint density at radius 3 is 2.86 bits per heavy atom. The van der Waals surface area contributed by atoms with Gasteiger partial charge in [-0.15, -0.1) is 0 Å². The first kappa shape index (κ1) is 18.5. The molecule has 1 saturated heterocycles. The van der Waals surface area contributed by atoms with Crippen molar-refractivity contribution < 1.29 is 13.6 Å². The number of aromatic amines is 1. The van der Waals surface area contributed by atoms with Crippen molar-refractivity contribution in [1.82, 2.24) is 10.3 Å². The number of benzene rings is 2. The number of halogens is 2. The number of nitrogens with zero attached hydrogens (tertiary/aromatic N) is 1. The van der Waals surface area contributed by atoms with Gasteiger partial charge in [0.05, 0.1) is 6.42 Å². The minimum atomic E-state index is -0.834. The van der Waals surface area contributed by atoms with Crippen LogP contribution in [0.15, 0.2) is 42.5 Å². The average molecular weight is 383 g/mol. The predicted molar refractivity (Wildman–Crippen MR) is 106 cm³/mol. The van der Waals surface area contributed by atoms with Crippen molar-refractivity contribution in [3.8, 4) is 0 Å². The van der Waals surface area contributed by atoms with E-state index in [0.717, 1.165) is 47.7 Å². The van der Waals surface area contributed by atoms with Crippen LogP contribution in [0.1, 0.15) is 17.7 Å². The SMILES string of the molecule is Cc1[nH]c2ccccc2c1CC(=O)NC[C@@H]1CCN(c2ccc(F)c(F)c2)C1. The molecule has 146 valence electrons. The number of carbonyl (C=O) groups excluding carboxylic acids is 1. The van der Waals surface area contributed by atoms with E-state index in [2.05, 4.69) is 10.3 Å². The number of aromatic nitrogens is 1. The molecular formula is C22H23F2N3O. The third kappa shape index (κ3) is 3.72. The first-order chi connectivity index (χ1) is 13.5. The molecule has 0 spiro atoms. The zero-order chi connectivity index (χ0) is 19.7. The Balaban J connectivity index is 1.33. The Morgan fingerprint density at radius 2 is 2.04 bits per heavy atom. The van der Waals surface area contributed by atoms with Gasteiger partial charge in [-0.05, 0) is 43.0 Å². The van der Waals surface area contributed by atoms with Gasteiger partial charge >= 0.3 is 0 Å². The maximum atomic E-state index is 13.4. The molecule has 1 aliphatic heterocycles. The number of hydrogen-bond donors (Lipinski definition) is 2. The van der Waals surface area contributed by atoms with Crippen LogP contribution in [0.4, 0.5) is 14.5 Å². The van der Waals surface area contributed by atoms with Gasteiger partial charge in [0.2, 0.25) is 5.91 Å². The number of H-pyrrole nitrogens is 1. The minimum absolute atomic E-state index is 0.000806. The summed E-state index contributed by atoms with van der Waals surface area (Å²) in [5.41, 5.74) is 3.77. The summed E-state index contributed by atoms with van der Waals surface area (Å²) in [6.45, 7) is 4.06. The molecule has 0 unspecified atom stereocenters. The van der Waals surface area contributed by atoms with Gasteiger partial charge in [-0.25, -0.2) is 8.78 Å². The number of para-hydroxylation sites is 1. The molecule has 1 fully saturated rings. The molecule has 4 nitrogen and oxygen atoms in total. The Hall–Kier alpha value is -2.89. The van der Waals surface area contributed by atoms with E-state index in [1.807, 2.05) is 36.1 Å². The second kappa shape index (κ2) is 7.62. The largest absolute Gasteiger partial charge is 0.371 e. The van der Waals surface area contributed by atoms with Crippen LogP contribution in [0.2, 0.25) is 0 Å². The van der Waals surface area contributed by atoms with Crippen molar-refractivity contribution in [3.63, 3.8) is 0 Å². The highest BCUT2D eigenvalue weighted by Crippen LogP contribution is 2.25. The molecule has 2 aromatic carbocycles. The van der Waals surface area contributed by atoms with Crippen molar-refractivity contribution in [2.24, 2.45) is 5.92 Å². The van der Waals surface area contributed by atoms with E-state index >= 15 is 0 Å². The van der Waals surface area contributed by atoms with E-state index < -0.39 is 11.6 Å². The molecule has 0 radical (unpaired) electrons.